The maximum Gasteiger partial charge on any atom is 0.123 e. The molecule has 0 aromatic heterocycles. The molecular weight excluding hydrogens is 254 g/mol. The molecule has 0 unspecified atom stereocenters. The molecule has 1 rings (SSSR count). The highest BCUT2D eigenvalue weighted by Gasteiger charge is 2.00. The van der Waals surface area contributed by atoms with E-state index in [0.717, 1.165) is 14.7 Å². The summed E-state index contributed by atoms with van der Waals surface area (Å²) in [5.41, 5.74) is 1.79. The highest BCUT2D eigenvalue weighted by atomic mass is 127. The van der Waals surface area contributed by atoms with Gasteiger partial charge in [-0.05, 0) is 58.9 Å². The third-order valence-electron chi connectivity index (χ3n) is 1.39. The van der Waals surface area contributed by atoms with Gasteiger partial charge >= 0.3 is 0 Å². The monoisotopic (exact) mass is 262 g/mol. The van der Waals surface area contributed by atoms with Gasteiger partial charge in [-0.25, -0.2) is 4.39 Å². The molecule has 0 bridgehead atoms. The molecule has 11 heavy (non-hydrogen) atoms. The van der Waals surface area contributed by atoms with Crippen molar-refractivity contribution < 1.29 is 4.39 Å². The van der Waals surface area contributed by atoms with Crippen LogP contribution in [0.4, 0.5) is 4.39 Å². The van der Waals surface area contributed by atoms with Crippen molar-refractivity contribution >= 4 is 28.2 Å². The summed E-state index contributed by atoms with van der Waals surface area (Å²) < 4.78 is 13.7. The van der Waals surface area contributed by atoms with Crippen LogP contribution in [-0.4, -0.2) is 0 Å². The van der Waals surface area contributed by atoms with Gasteiger partial charge in [0.1, 0.15) is 5.82 Å². The van der Waals surface area contributed by atoms with Crippen molar-refractivity contribution in [1.82, 2.24) is 0 Å². The Morgan fingerprint density at radius 1 is 1.55 bits per heavy atom. The summed E-state index contributed by atoms with van der Waals surface area (Å²) in [6.45, 7) is 5.63. The first kappa shape index (κ1) is 8.71. The Morgan fingerprint density at radius 3 is 2.64 bits per heavy atom. The zero-order valence-corrected chi connectivity index (χ0v) is 8.35. The van der Waals surface area contributed by atoms with Crippen molar-refractivity contribution in [2.75, 3.05) is 0 Å². The Labute approximate surface area is 79.3 Å². The Hall–Kier alpha value is -0.380. The van der Waals surface area contributed by atoms with E-state index < -0.39 is 0 Å². The van der Waals surface area contributed by atoms with E-state index >= 15 is 0 Å². The van der Waals surface area contributed by atoms with E-state index in [4.69, 9.17) is 0 Å². The molecule has 0 heterocycles. The molecule has 0 amide bonds. The van der Waals surface area contributed by atoms with Crippen molar-refractivity contribution in [2.45, 2.75) is 6.92 Å². The van der Waals surface area contributed by atoms with Crippen LogP contribution < -0.4 is 0 Å². The van der Waals surface area contributed by atoms with E-state index in [1.807, 2.05) is 6.92 Å². The second-order valence-corrected chi connectivity index (χ2v) is 3.57. The third-order valence-corrected chi connectivity index (χ3v) is 2.33. The van der Waals surface area contributed by atoms with Crippen LogP contribution in [0.1, 0.15) is 12.5 Å². The lowest BCUT2D eigenvalue weighted by Crippen LogP contribution is -1.85. The Balaban J connectivity index is 3.23. The third kappa shape index (κ3) is 2.02. The average Bonchev–Trinajstić information content (AvgIpc) is 1.94. The molecule has 0 aliphatic rings. The molecule has 0 fully saturated rings. The minimum absolute atomic E-state index is 0.205. The van der Waals surface area contributed by atoms with Crippen LogP contribution in [0.2, 0.25) is 0 Å². The normalized spacial score (nSPS) is 9.73. The molecule has 0 aliphatic carbocycles. The number of rotatable bonds is 1. The first-order chi connectivity index (χ1) is 5.11. The van der Waals surface area contributed by atoms with Crippen LogP contribution in [0, 0.1) is 9.39 Å². The van der Waals surface area contributed by atoms with Crippen molar-refractivity contribution in [3.8, 4) is 0 Å². The zero-order valence-electron chi connectivity index (χ0n) is 6.20. The molecule has 0 saturated carbocycles. The Morgan fingerprint density at radius 2 is 2.18 bits per heavy atom. The van der Waals surface area contributed by atoms with E-state index in [2.05, 4.69) is 29.2 Å². The Kier molecular flexibility index (Phi) is 2.65. The fourth-order valence-electron chi connectivity index (χ4n) is 0.825. The summed E-state index contributed by atoms with van der Waals surface area (Å²) in [5.74, 6) is -0.205. The van der Waals surface area contributed by atoms with E-state index in [9.17, 15) is 4.39 Å². The van der Waals surface area contributed by atoms with Gasteiger partial charge in [-0.3, -0.25) is 0 Å². The van der Waals surface area contributed by atoms with Gasteiger partial charge in [0.2, 0.25) is 0 Å². The second-order valence-electron chi connectivity index (χ2n) is 2.40. The summed E-state index contributed by atoms with van der Waals surface area (Å²) in [6.07, 6.45) is 0. The van der Waals surface area contributed by atoms with Crippen LogP contribution in [-0.2, 0) is 0 Å². The lowest BCUT2D eigenvalue weighted by atomic mass is 10.1. The molecule has 0 N–H and O–H groups in total. The topological polar surface area (TPSA) is 0 Å². The van der Waals surface area contributed by atoms with Crippen molar-refractivity contribution in [2.24, 2.45) is 0 Å². The van der Waals surface area contributed by atoms with Crippen LogP contribution in [0.25, 0.3) is 5.57 Å². The summed E-state index contributed by atoms with van der Waals surface area (Å²) in [7, 11) is 0. The number of allylic oxidation sites excluding steroid dienone is 1. The molecule has 0 aliphatic heterocycles. The molecule has 0 radical (unpaired) electrons. The standard InChI is InChI=1S/C9H8FI/c1-6(2)8-5-7(10)3-4-9(8)11/h3-5H,1H2,2H3. The number of benzene rings is 1. The predicted octanol–water partition coefficient (Wildman–Crippen LogP) is 3.46. The molecule has 0 atom stereocenters. The van der Waals surface area contributed by atoms with Gasteiger partial charge in [0, 0.05) is 3.57 Å². The summed E-state index contributed by atoms with van der Waals surface area (Å²) in [4.78, 5) is 0. The second kappa shape index (κ2) is 3.34. The minimum Gasteiger partial charge on any atom is -0.207 e. The van der Waals surface area contributed by atoms with Gasteiger partial charge in [0.15, 0.2) is 0 Å². The number of hydrogen-bond acceptors (Lipinski definition) is 0. The maximum absolute atomic E-state index is 12.7. The zero-order chi connectivity index (χ0) is 8.43. The average molecular weight is 262 g/mol. The van der Waals surface area contributed by atoms with Crippen LogP contribution >= 0.6 is 22.6 Å². The van der Waals surface area contributed by atoms with Gasteiger partial charge < -0.3 is 0 Å². The van der Waals surface area contributed by atoms with E-state index in [0.29, 0.717) is 0 Å². The summed E-state index contributed by atoms with van der Waals surface area (Å²) >= 11 is 2.16. The lowest BCUT2D eigenvalue weighted by molar-refractivity contribution is 0.627. The molecule has 0 spiro atoms. The first-order valence-electron chi connectivity index (χ1n) is 3.22. The molecule has 0 nitrogen and oxygen atoms in total. The fraction of sp³-hybridized carbons (Fsp3) is 0.111. The van der Waals surface area contributed by atoms with Gasteiger partial charge in [0.05, 0.1) is 0 Å². The molecule has 58 valence electrons. The van der Waals surface area contributed by atoms with Crippen molar-refractivity contribution in [1.29, 1.82) is 0 Å². The highest BCUT2D eigenvalue weighted by Crippen LogP contribution is 2.19. The number of halogens is 2. The van der Waals surface area contributed by atoms with Crippen molar-refractivity contribution in [3.05, 3.63) is 39.7 Å². The van der Waals surface area contributed by atoms with Crippen LogP contribution in [0.15, 0.2) is 24.8 Å². The highest BCUT2D eigenvalue weighted by molar-refractivity contribution is 14.1. The molecule has 0 saturated heterocycles. The SMILES string of the molecule is C=C(C)c1cc(F)ccc1I. The molecular formula is C9H8FI. The Bertz CT molecular complexity index is 292. The fourth-order valence-corrected chi connectivity index (χ4v) is 1.62. The van der Waals surface area contributed by atoms with Crippen LogP contribution in [0.3, 0.4) is 0 Å². The van der Waals surface area contributed by atoms with Crippen molar-refractivity contribution in [3.63, 3.8) is 0 Å². The lowest BCUT2D eigenvalue weighted by Gasteiger charge is -2.02. The summed E-state index contributed by atoms with van der Waals surface area (Å²) in [5, 5.41) is 0. The van der Waals surface area contributed by atoms with Gasteiger partial charge in [0.25, 0.3) is 0 Å². The smallest absolute Gasteiger partial charge is 0.123 e. The van der Waals surface area contributed by atoms with Gasteiger partial charge in [-0.1, -0.05) is 6.58 Å². The molecule has 1 aromatic carbocycles. The van der Waals surface area contributed by atoms with Gasteiger partial charge in [-0.2, -0.15) is 0 Å². The quantitative estimate of drug-likeness (QED) is 0.680. The number of hydrogen-bond donors (Lipinski definition) is 0. The van der Waals surface area contributed by atoms with E-state index in [1.165, 1.54) is 12.1 Å². The minimum atomic E-state index is -0.205. The first-order valence-corrected chi connectivity index (χ1v) is 4.30. The molecule has 2 heteroatoms. The van der Waals surface area contributed by atoms with Crippen LogP contribution in [0.5, 0.6) is 0 Å². The maximum atomic E-state index is 12.7. The van der Waals surface area contributed by atoms with Gasteiger partial charge in [-0.15, -0.1) is 0 Å². The largest absolute Gasteiger partial charge is 0.207 e. The van der Waals surface area contributed by atoms with E-state index in [-0.39, 0.29) is 5.82 Å². The molecule has 1 aromatic rings. The predicted molar refractivity (Wildman–Crippen MR) is 53.8 cm³/mol. The summed E-state index contributed by atoms with van der Waals surface area (Å²) in [6, 6.07) is 4.71. The van der Waals surface area contributed by atoms with E-state index in [1.54, 1.807) is 6.07 Å².